The Hall–Kier alpha value is -1.39. The van der Waals surface area contributed by atoms with E-state index in [1.807, 2.05) is 0 Å². The van der Waals surface area contributed by atoms with E-state index < -0.39 is 36.7 Å². The maximum Gasteiger partial charge on any atom is 0.371 e. The first-order valence-corrected chi connectivity index (χ1v) is 8.51. The van der Waals surface area contributed by atoms with Gasteiger partial charge in [-0.05, 0) is 12.1 Å². The van der Waals surface area contributed by atoms with Crippen molar-refractivity contribution in [2.24, 2.45) is 0 Å². The summed E-state index contributed by atoms with van der Waals surface area (Å²) in [7, 11) is -6.15. The van der Waals surface area contributed by atoms with Gasteiger partial charge in [0.1, 0.15) is 9.84 Å². The second-order valence-electron chi connectivity index (χ2n) is 3.88. The van der Waals surface area contributed by atoms with Crippen molar-refractivity contribution in [3.8, 4) is 0 Å². The quantitative estimate of drug-likeness (QED) is 0.761. The lowest BCUT2D eigenvalue weighted by molar-refractivity contribution is 0.0656. The van der Waals surface area contributed by atoms with Gasteiger partial charge >= 0.3 is 5.97 Å². The van der Waals surface area contributed by atoms with Crippen LogP contribution in [0.1, 0.15) is 10.6 Å². The van der Waals surface area contributed by atoms with E-state index in [2.05, 4.69) is 4.42 Å². The lowest BCUT2D eigenvalue weighted by Gasteiger charge is -2.14. The molecule has 0 radical (unpaired) electrons. The fourth-order valence-electron chi connectivity index (χ4n) is 1.14. The number of rotatable bonds is 6. The highest BCUT2D eigenvalue weighted by molar-refractivity contribution is 7.91. The summed E-state index contributed by atoms with van der Waals surface area (Å²) < 4.78 is 51.3. The molecule has 0 amide bonds. The van der Waals surface area contributed by atoms with Crippen LogP contribution in [0, 0.1) is 0 Å². The summed E-state index contributed by atoms with van der Waals surface area (Å²) in [6.07, 6.45) is 0.989. The SMILES string of the molecule is CN(CCS(C)(=O)=O)S(=O)(=O)c1ccc(C(=O)O)o1. The maximum atomic E-state index is 11.9. The molecule has 1 aromatic heterocycles. The highest BCUT2D eigenvalue weighted by Crippen LogP contribution is 2.17. The number of carboxylic acid groups (broad SMARTS) is 1. The van der Waals surface area contributed by atoms with Gasteiger partial charge in [0.25, 0.3) is 10.0 Å². The molecule has 0 aliphatic rings. The van der Waals surface area contributed by atoms with Gasteiger partial charge in [-0.3, -0.25) is 0 Å². The number of hydrogen-bond acceptors (Lipinski definition) is 6. The Morgan fingerprint density at radius 2 is 1.89 bits per heavy atom. The summed E-state index contributed by atoms with van der Waals surface area (Å²) in [5, 5.41) is 8.09. The monoisotopic (exact) mass is 311 g/mol. The van der Waals surface area contributed by atoms with Crippen molar-refractivity contribution < 1.29 is 31.2 Å². The van der Waals surface area contributed by atoms with E-state index in [-0.39, 0.29) is 12.3 Å². The highest BCUT2D eigenvalue weighted by atomic mass is 32.2. The van der Waals surface area contributed by atoms with Gasteiger partial charge in [0.05, 0.1) is 5.75 Å². The molecule has 0 atom stereocenters. The topological polar surface area (TPSA) is 122 Å². The Morgan fingerprint density at radius 3 is 2.32 bits per heavy atom. The second kappa shape index (κ2) is 5.31. The Balaban J connectivity index is 2.93. The first-order valence-electron chi connectivity index (χ1n) is 5.01. The molecule has 1 rings (SSSR count). The van der Waals surface area contributed by atoms with Crippen LogP contribution in [0.2, 0.25) is 0 Å². The van der Waals surface area contributed by atoms with E-state index in [0.29, 0.717) is 0 Å². The zero-order chi connectivity index (χ0) is 14.8. The van der Waals surface area contributed by atoms with Gasteiger partial charge < -0.3 is 9.52 Å². The van der Waals surface area contributed by atoms with E-state index >= 15 is 0 Å². The van der Waals surface area contributed by atoms with Crippen molar-refractivity contribution in [3.63, 3.8) is 0 Å². The molecular formula is C9H13NO7S2. The minimum Gasteiger partial charge on any atom is -0.475 e. The number of sulfone groups is 1. The van der Waals surface area contributed by atoms with Gasteiger partial charge in [0, 0.05) is 19.8 Å². The number of hydrogen-bond donors (Lipinski definition) is 1. The molecule has 0 saturated carbocycles. The van der Waals surface area contributed by atoms with Crippen LogP contribution in [0.3, 0.4) is 0 Å². The first-order chi connectivity index (χ1) is 8.54. The van der Waals surface area contributed by atoms with Gasteiger partial charge in [-0.25, -0.2) is 21.6 Å². The molecule has 0 saturated heterocycles. The number of carbonyl (C=O) groups is 1. The number of carboxylic acids is 1. The van der Waals surface area contributed by atoms with Crippen molar-refractivity contribution in [1.82, 2.24) is 4.31 Å². The van der Waals surface area contributed by atoms with Crippen LogP contribution >= 0.6 is 0 Å². The zero-order valence-electron chi connectivity index (χ0n) is 10.2. The van der Waals surface area contributed by atoms with Gasteiger partial charge in [-0.2, -0.15) is 4.31 Å². The molecule has 8 nitrogen and oxygen atoms in total. The molecule has 0 bridgehead atoms. The summed E-state index contributed by atoms with van der Waals surface area (Å²) in [6.45, 7) is -0.246. The molecule has 108 valence electrons. The highest BCUT2D eigenvalue weighted by Gasteiger charge is 2.26. The van der Waals surface area contributed by atoms with Crippen LogP contribution in [0.25, 0.3) is 0 Å². The molecule has 0 fully saturated rings. The third-order valence-corrected chi connectivity index (χ3v) is 4.89. The van der Waals surface area contributed by atoms with E-state index in [1.165, 1.54) is 7.05 Å². The van der Waals surface area contributed by atoms with Crippen molar-refractivity contribution in [2.45, 2.75) is 5.09 Å². The van der Waals surface area contributed by atoms with Crippen molar-refractivity contribution in [3.05, 3.63) is 17.9 Å². The first kappa shape index (κ1) is 15.7. The van der Waals surface area contributed by atoms with Crippen molar-refractivity contribution in [2.75, 3.05) is 25.6 Å². The molecule has 0 aliphatic heterocycles. The standard InChI is InChI=1S/C9H13NO7S2/c1-10(5-6-18(2,13)14)19(15,16)8-4-3-7(17-8)9(11)12/h3-4H,5-6H2,1-2H3,(H,11,12). The predicted octanol–water partition coefficient (Wildman–Crippen LogP) is -0.357. The van der Waals surface area contributed by atoms with Gasteiger partial charge in [-0.1, -0.05) is 0 Å². The number of nitrogens with zero attached hydrogens (tertiary/aromatic N) is 1. The van der Waals surface area contributed by atoms with Crippen LogP contribution in [-0.2, 0) is 19.9 Å². The fraction of sp³-hybridized carbons (Fsp3) is 0.444. The Bertz CT molecular complexity index is 671. The van der Waals surface area contributed by atoms with Crippen molar-refractivity contribution >= 4 is 25.8 Å². The largest absolute Gasteiger partial charge is 0.475 e. The molecule has 1 N–H and O–H groups in total. The van der Waals surface area contributed by atoms with E-state index in [1.54, 1.807) is 0 Å². The third kappa shape index (κ3) is 4.04. The molecule has 1 aromatic rings. The third-order valence-electron chi connectivity index (χ3n) is 2.23. The maximum absolute atomic E-state index is 11.9. The second-order valence-corrected chi connectivity index (χ2v) is 8.12. The number of furan rings is 1. The minimum absolute atomic E-state index is 0.246. The smallest absolute Gasteiger partial charge is 0.371 e. The van der Waals surface area contributed by atoms with E-state index in [9.17, 15) is 21.6 Å². The van der Waals surface area contributed by atoms with E-state index in [4.69, 9.17) is 5.11 Å². The fourth-order valence-corrected chi connectivity index (χ4v) is 2.94. The Morgan fingerprint density at radius 1 is 1.32 bits per heavy atom. The van der Waals surface area contributed by atoms with E-state index in [0.717, 1.165) is 22.7 Å². The molecule has 1 heterocycles. The molecule has 10 heteroatoms. The Labute approximate surface area is 110 Å². The average Bonchev–Trinajstić information content (AvgIpc) is 2.74. The predicted molar refractivity (Wildman–Crippen MR) is 65.2 cm³/mol. The summed E-state index contributed by atoms with van der Waals surface area (Å²) in [5.41, 5.74) is 0. The normalized spacial score (nSPS) is 12.8. The lowest BCUT2D eigenvalue weighted by Crippen LogP contribution is -2.31. The van der Waals surface area contributed by atoms with Crippen LogP contribution in [0.15, 0.2) is 21.6 Å². The van der Waals surface area contributed by atoms with Crippen LogP contribution in [0.4, 0.5) is 0 Å². The number of aromatic carboxylic acids is 1. The molecule has 0 aromatic carbocycles. The minimum atomic E-state index is -4.04. The number of sulfonamides is 1. The van der Waals surface area contributed by atoms with Gasteiger partial charge in [-0.15, -0.1) is 0 Å². The van der Waals surface area contributed by atoms with Crippen LogP contribution in [-0.4, -0.2) is 57.8 Å². The summed E-state index contributed by atoms with van der Waals surface area (Å²) in [4.78, 5) is 10.6. The summed E-state index contributed by atoms with van der Waals surface area (Å²) >= 11 is 0. The van der Waals surface area contributed by atoms with Crippen molar-refractivity contribution in [1.29, 1.82) is 0 Å². The molecule has 19 heavy (non-hydrogen) atoms. The zero-order valence-corrected chi connectivity index (χ0v) is 11.9. The van der Waals surface area contributed by atoms with Gasteiger partial charge in [0.2, 0.25) is 10.9 Å². The summed E-state index contributed by atoms with van der Waals surface area (Å²) in [5.74, 6) is -2.23. The van der Waals surface area contributed by atoms with Gasteiger partial charge in [0.15, 0.2) is 0 Å². The molecule has 0 spiro atoms. The lowest BCUT2D eigenvalue weighted by atomic mass is 10.5. The average molecular weight is 311 g/mol. The molecule has 0 aliphatic carbocycles. The molecule has 0 unspecified atom stereocenters. The van der Waals surface area contributed by atoms with Crippen LogP contribution < -0.4 is 0 Å². The summed E-state index contributed by atoms with van der Waals surface area (Å²) in [6, 6.07) is 2.02. The molecular weight excluding hydrogens is 298 g/mol. The Kier molecular flexibility index (Phi) is 4.38. The van der Waals surface area contributed by atoms with Crippen LogP contribution in [0.5, 0.6) is 0 Å².